The number of nitrogens with zero attached hydrogens (tertiary/aromatic N) is 4. The molecule has 0 spiro atoms. The largest absolute Gasteiger partial charge is 0.493 e. The monoisotopic (exact) mass is 445 g/mol. The van der Waals surface area contributed by atoms with Crippen LogP contribution in [0.4, 0.5) is 5.95 Å². The average molecular weight is 446 g/mol. The third kappa shape index (κ3) is 3.00. The van der Waals surface area contributed by atoms with Crippen molar-refractivity contribution in [2.45, 2.75) is 6.54 Å². The molecule has 0 radical (unpaired) electrons. The number of anilines is 1. The van der Waals surface area contributed by atoms with Crippen LogP contribution in [-0.2, 0) is 6.54 Å². The number of imidazole rings is 1. The van der Waals surface area contributed by atoms with Crippen LogP contribution >= 0.6 is 34.2 Å². The van der Waals surface area contributed by atoms with Crippen molar-refractivity contribution in [3.05, 3.63) is 32.7 Å². The highest BCUT2D eigenvalue weighted by Gasteiger charge is 2.14. The van der Waals surface area contributed by atoms with Gasteiger partial charge in [0.1, 0.15) is 5.52 Å². The van der Waals surface area contributed by atoms with Crippen LogP contribution in [0, 0.1) is 3.57 Å². The number of halogens is 2. The van der Waals surface area contributed by atoms with Gasteiger partial charge in [-0.3, -0.25) is 0 Å². The lowest BCUT2D eigenvalue weighted by molar-refractivity contribution is 0.354. The number of ether oxygens (including phenoxy) is 2. The predicted octanol–water partition coefficient (Wildman–Crippen LogP) is 2.73. The Morgan fingerprint density at radius 2 is 1.91 bits per heavy atom. The number of benzene rings is 1. The van der Waals surface area contributed by atoms with Crippen molar-refractivity contribution in [3.63, 3.8) is 0 Å². The Balaban J connectivity index is 2.06. The molecule has 0 aliphatic rings. The number of hydrogen-bond acceptors (Lipinski definition) is 6. The van der Waals surface area contributed by atoms with Gasteiger partial charge in [-0.1, -0.05) is 11.6 Å². The van der Waals surface area contributed by atoms with Crippen LogP contribution in [-0.4, -0.2) is 33.7 Å². The summed E-state index contributed by atoms with van der Waals surface area (Å²) in [5.41, 5.74) is 7.83. The number of rotatable bonds is 4. The Morgan fingerprint density at radius 1 is 1.22 bits per heavy atom. The van der Waals surface area contributed by atoms with Crippen LogP contribution in [0.5, 0.6) is 11.5 Å². The summed E-state index contributed by atoms with van der Waals surface area (Å²) >= 11 is 8.30. The molecule has 3 aromatic rings. The van der Waals surface area contributed by atoms with Gasteiger partial charge in [0, 0.05) is 3.57 Å². The zero-order valence-corrected chi connectivity index (χ0v) is 15.3. The maximum atomic E-state index is 6.05. The van der Waals surface area contributed by atoms with Crippen LogP contribution in [0.15, 0.2) is 18.5 Å². The lowest BCUT2D eigenvalue weighted by Crippen LogP contribution is -2.04. The highest BCUT2D eigenvalue weighted by Crippen LogP contribution is 2.32. The molecule has 2 heterocycles. The topological polar surface area (TPSA) is 88.1 Å². The second-order valence-corrected chi connectivity index (χ2v) is 6.24. The number of nitrogens with two attached hydrogens (primary N) is 1. The molecule has 0 unspecified atom stereocenters. The summed E-state index contributed by atoms with van der Waals surface area (Å²) in [4.78, 5) is 12.4. The van der Waals surface area contributed by atoms with Crippen molar-refractivity contribution in [3.8, 4) is 11.5 Å². The first-order valence-electron chi connectivity index (χ1n) is 6.57. The van der Waals surface area contributed by atoms with E-state index in [1.54, 1.807) is 20.5 Å². The number of hydrogen-bond donors (Lipinski definition) is 1. The van der Waals surface area contributed by atoms with E-state index in [4.69, 9.17) is 26.8 Å². The molecule has 7 nitrogen and oxygen atoms in total. The number of nitrogen functional groups attached to an aromatic ring is 1. The molecule has 0 aliphatic heterocycles. The molecule has 0 bridgehead atoms. The third-order valence-corrected chi connectivity index (χ3v) is 4.60. The fraction of sp³-hybridized carbons (Fsp3) is 0.214. The first-order valence-corrected chi connectivity index (χ1v) is 8.03. The molecule has 23 heavy (non-hydrogen) atoms. The fourth-order valence-electron chi connectivity index (χ4n) is 2.24. The predicted molar refractivity (Wildman–Crippen MR) is 96.1 cm³/mol. The van der Waals surface area contributed by atoms with Crippen LogP contribution in [0.25, 0.3) is 11.2 Å². The summed E-state index contributed by atoms with van der Waals surface area (Å²) in [5.74, 6) is 1.47. The second-order valence-electron chi connectivity index (χ2n) is 4.72. The summed E-state index contributed by atoms with van der Waals surface area (Å²) in [6.45, 7) is 0.544. The van der Waals surface area contributed by atoms with Crippen LogP contribution in [0.3, 0.4) is 0 Å². The van der Waals surface area contributed by atoms with E-state index in [1.165, 1.54) is 0 Å². The van der Waals surface area contributed by atoms with E-state index in [0.717, 1.165) is 9.13 Å². The standard InChI is InChI=1S/C14H13ClIN5O2/c1-22-9-3-7(8(16)4-10(9)23-2)5-21-6-18-11-12(15)19-14(17)20-13(11)21/h3-4,6H,5H2,1-2H3,(H2,17,19,20). The molecule has 2 N–H and O–H groups in total. The van der Waals surface area contributed by atoms with Gasteiger partial charge in [-0.15, -0.1) is 0 Å². The molecular weight excluding hydrogens is 433 g/mol. The Bertz CT molecular complexity index is 883. The highest BCUT2D eigenvalue weighted by atomic mass is 127. The summed E-state index contributed by atoms with van der Waals surface area (Å²) < 4.78 is 13.6. The van der Waals surface area contributed by atoms with Crippen LogP contribution < -0.4 is 15.2 Å². The van der Waals surface area contributed by atoms with E-state index in [-0.39, 0.29) is 11.1 Å². The third-order valence-electron chi connectivity index (χ3n) is 3.33. The molecule has 120 valence electrons. The van der Waals surface area contributed by atoms with Gasteiger partial charge in [-0.2, -0.15) is 9.97 Å². The Kier molecular flexibility index (Phi) is 4.44. The summed E-state index contributed by atoms with van der Waals surface area (Å²) in [6.07, 6.45) is 1.66. The van der Waals surface area contributed by atoms with Gasteiger partial charge in [-0.25, -0.2) is 4.98 Å². The minimum absolute atomic E-state index is 0.117. The minimum Gasteiger partial charge on any atom is -0.493 e. The van der Waals surface area contributed by atoms with Gasteiger partial charge in [0.15, 0.2) is 22.3 Å². The summed E-state index contributed by atoms with van der Waals surface area (Å²) in [5, 5.41) is 0.244. The van der Waals surface area contributed by atoms with Gasteiger partial charge in [0.05, 0.1) is 27.1 Å². The van der Waals surface area contributed by atoms with Crippen molar-refractivity contribution >= 4 is 51.3 Å². The first-order chi connectivity index (χ1) is 11.0. The average Bonchev–Trinajstić information content (AvgIpc) is 2.92. The zero-order chi connectivity index (χ0) is 16.6. The molecular formula is C14H13ClIN5O2. The highest BCUT2D eigenvalue weighted by molar-refractivity contribution is 14.1. The Labute approximate surface area is 150 Å². The number of fused-ring (bicyclic) bond motifs is 1. The van der Waals surface area contributed by atoms with E-state index in [2.05, 4.69) is 37.5 Å². The van der Waals surface area contributed by atoms with Gasteiger partial charge >= 0.3 is 0 Å². The van der Waals surface area contributed by atoms with Crippen molar-refractivity contribution < 1.29 is 9.47 Å². The van der Waals surface area contributed by atoms with Gasteiger partial charge in [-0.05, 0) is 40.3 Å². The van der Waals surface area contributed by atoms with Crippen molar-refractivity contribution in [1.29, 1.82) is 0 Å². The van der Waals surface area contributed by atoms with E-state index >= 15 is 0 Å². The van der Waals surface area contributed by atoms with Crippen molar-refractivity contribution in [2.75, 3.05) is 20.0 Å². The number of aromatic nitrogens is 4. The van der Waals surface area contributed by atoms with Crippen LogP contribution in [0.1, 0.15) is 5.56 Å². The molecule has 0 aliphatic carbocycles. The first kappa shape index (κ1) is 16.1. The molecule has 0 atom stereocenters. The molecule has 1 aromatic carbocycles. The fourth-order valence-corrected chi connectivity index (χ4v) is 3.07. The van der Waals surface area contributed by atoms with Gasteiger partial charge in [0.2, 0.25) is 5.95 Å². The van der Waals surface area contributed by atoms with E-state index < -0.39 is 0 Å². The molecule has 0 saturated carbocycles. The number of methoxy groups -OCH3 is 2. The Morgan fingerprint density at radius 3 is 2.61 bits per heavy atom. The van der Waals surface area contributed by atoms with Gasteiger partial charge < -0.3 is 19.8 Å². The van der Waals surface area contributed by atoms with Gasteiger partial charge in [0.25, 0.3) is 0 Å². The molecule has 0 fully saturated rings. The quantitative estimate of drug-likeness (QED) is 0.491. The van der Waals surface area contributed by atoms with Crippen molar-refractivity contribution in [2.24, 2.45) is 0 Å². The molecule has 9 heteroatoms. The second kappa shape index (κ2) is 6.36. The summed E-state index contributed by atoms with van der Waals surface area (Å²) in [7, 11) is 3.22. The smallest absolute Gasteiger partial charge is 0.223 e. The molecule has 0 saturated heterocycles. The Hall–Kier alpha value is -1.81. The van der Waals surface area contributed by atoms with E-state index in [9.17, 15) is 0 Å². The molecule has 2 aromatic heterocycles. The van der Waals surface area contributed by atoms with Crippen molar-refractivity contribution in [1.82, 2.24) is 19.5 Å². The summed E-state index contributed by atoms with van der Waals surface area (Å²) in [6, 6.07) is 3.85. The zero-order valence-electron chi connectivity index (χ0n) is 12.4. The normalized spacial score (nSPS) is 11.0. The van der Waals surface area contributed by atoms with E-state index in [0.29, 0.717) is 29.2 Å². The maximum Gasteiger partial charge on any atom is 0.223 e. The molecule has 3 rings (SSSR count). The lowest BCUT2D eigenvalue weighted by Gasteiger charge is -2.12. The lowest BCUT2D eigenvalue weighted by atomic mass is 10.2. The maximum absolute atomic E-state index is 6.05. The van der Waals surface area contributed by atoms with E-state index in [1.807, 2.05) is 16.7 Å². The molecule has 0 amide bonds. The SMILES string of the molecule is COc1cc(I)c(Cn2cnc3c(Cl)nc(N)nc32)cc1OC. The minimum atomic E-state index is 0.117. The van der Waals surface area contributed by atoms with Crippen LogP contribution in [0.2, 0.25) is 5.15 Å².